The van der Waals surface area contributed by atoms with Crippen molar-refractivity contribution >= 4 is 11.8 Å². The number of halogens is 2. The summed E-state index contributed by atoms with van der Waals surface area (Å²) in [4.78, 5) is 0. The average Bonchev–Trinajstić information content (AvgIpc) is 3.20. The number of fused-ring (bicyclic) bond motifs is 1. The molecule has 1 heterocycles. The van der Waals surface area contributed by atoms with Crippen molar-refractivity contribution in [2.75, 3.05) is 0 Å². The van der Waals surface area contributed by atoms with E-state index in [1.807, 2.05) is 0 Å². The maximum atomic E-state index is 2.42. The molecule has 0 amide bonds. The molecule has 1 aromatic carbocycles. The summed E-state index contributed by atoms with van der Waals surface area (Å²) in [5.41, 5.74) is 7.15. The standard InChI is InChI=1S/C15H14N.C5H5.2FH.Zr/c1-11-7-12(2)16(10-11)15-8-13-5-3-4-6-14(13)9-15;1-2-4-5-3-1;;;/h3-10H,1-2H3;1-3H,4H2;2*1H;/q;;;;+2/p-2. The van der Waals surface area contributed by atoms with Crippen LogP contribution < -0.4 is 9.41 Å². The predicted molar refractivity (Wildman–Crippen MR) is 89.1 cm³/mol. The monoisotopic (exact) mass is 401 g/mol. The Morgan fingerprint density at radius 3 is 2.58 bits per heavy atom. The summed E-state index contributed by atoms with van der Waals surface area (Å²) in [6, 6.07) is 11.2. The van der Waals surface area contributed by atoms with Crippen LogP contribution in [-0.2, 0) is 23.2 Å². The summed E-state index contributed by atoms with van der Waals surface area (Å²) < 4.78 is 4.76. The van der Waals surface area contributed by atoms with Crippen molar-refractivity contribution in [2.24, 2.45) is 0 Å². The van der Waals surface area contributed by atoms with E-state index in [4.69, 9.17) is 0 Å². The van der Waals surface area contributed by atoms with Crippen LogP contribution in [0.2, 0.25) is 0 Å². The molecule has 1 aromatic heterocycles. The van der Waals surface area contributed by atoms with Crippen molar-refractivity contribution in [3.63, 3.8) is 0 Å². The molecule has 0 N–H and O–H groups in total. The first-order valence-corrected chi connectivity index (χ1v) is 10.5. The fraction of sp³-hybridized carbons (Fsp3) is 0.200. The van der Waals surface area contributed by atoms with Gasteiger partial charge in [0.1, 0.15) is 0 Å². The zero-order valence-electron chi connectivity index (χ0n) is 13.8. The molecule has 0 aliphatic heterocycles. The van der Waals surface area contributed by atoms with Gasteiger partial charge in [-0.2, -0.15) is 0 Å². The molecule has 0 saturated heterocycles. The van der Waals surface area contributed by atoms with Crippen molar-refractivity contribution in [2.45, 2.75) is 23.9 Å². The summed E-state index contributed by atoms with van der Waals surface area (Å²) in [7, 11) is 0. The largest absolute Gasteiger partial charge is 1.00 e. The Bertz CT molecular complexity index is 830. The van der Waals surface area contributed by atoms with E-state index < -0.39 is 23.2 Å². The molecule has 0 fully saturated rings. The van der Waals surface area contributed by atoms with Crippen molar-refractivity contribution in [3.8, 4) is 0 Å². The Morgan fingerprint density at radius 2 is 1.92 bits per heavy atom. The van der Waals surface area contributed by atoms with Gasteiger partial charge in [0.25, 0.3) is 0 Å². The Hall–Kier alpha value is -1.54. The number of aromatic nitrogens is 1. The van der Waals surface area contributed by atoms with Crippen molar-refractivity contribution in [1.29, 1.82) is 0 Å². The maximum absolute atomic E-state index is 2.42. The van der Waals surface area contributed by atoms with Crippen LogP contribution in [0.3, 0.4) is 0 Å². The van der Waals surface area contributed by atoms with Gasteiger partial charge >= 0.3 is 144 Å². The third-order valence-corrected chi connectivity index (χ3v) is 8.46. The zero-order chi connectivity index (χ0) is 15.1. The summed E-state index contributed by atoms with van der Waals surface area (Å²) in [6.45, 7) is 4.40. The number of allylic oxidation sites excluding steroid dienone is 5. The fourth-order valence-electron chi connectivity index (χ4n) is 3.43. The third kappa shape index (κ3) is 3.30. The van der Waals surface area contributed by atoms with Crippen LogP contribution in [0.25, 0.3) is 11.8 Å². The van der Waals surface area contributed by atoms with Gasteiger partial charge in [0.2, 0.25) is 0 Å². The van der Waals surface area contributed by atoms with Crippen LogP contribution in [-0.4, -0.2) is 4.57 Å². The Kier molecular flexibility index (Phi) is 5.93. The number of nitrogens with zero attached hydrogens (tertiary/aromatic N) is 1. The molecule has 0 saturated carbocycles. The normalized spacial score (nSPS) is 17.3. The van der Waals surface area contributed by atoms with Crippen molar-refractivity contribution in [1.82, 2.24) is 4.57 Å². The van der Waals surface area contributed by atoms with E-state index in [2.05, 4.69) is 79.2 Å². The molecule has 0 radical (unpaired) electrons. The molecule has 2 aromatic rings. The third-order valence-electron chi connectivity index (χ3n) is 4.43. The van der Waals surface area contributed by atoms with E-state index >= 15 is 0 Å². The molecule has 1 atom stereocenters. The first kappa shape index (κ1) is 18.8. The number of hydrogen-bond acceptors (Lipinski definition) is 0. The van der Waals surface area contributed by atoms with Crippen LogP contribution in [0.15, 0.2) is 58.0 Å². The molecule has 2 aliphatic rings. The van der Waals surface area contributed by atoms with E-state index in [1.54, 1.807) is 8.84 Å². The summed E-state index contributed by atoms with van der Waals surface area (Å²) in [6.07, 6.45) is 12.8. The number of aryl methyl sites for hydroxylation is 2. The Balaban J connectivity index is 0.00000104. The molecule has 1 nitrogen and oxygen atoms in total. The van der Waals surface area contributed by atoms with Gasteiger partial charge in [-0.1, -0.05) is 0 Å². The second kappa shape index (κ2) is 7.57. The SMILES string of the molecule is Cc1cc(C)n(C2=Cc3ccccc3[CH]2[Zr+2][C]2=CC=CC2)c1.[F-].[F-]. The molecular weight excluding hydrogens is 383 g/mol. The quantitative estimate of drug-likeness (QED) is 0.627. The number of rotatable bonds is 3. The molecule has 122 valence electrons. The van der Waals surface area contributed by atoms with Crippen molar-refractivity contribution < 1.29 is 32.6 Å². The minimum Gasteiger partial charge on any atom is -1.00 e. The van der Waals surface area contributed by atoms with E-state index in [9.17, 15) is 0 Å². The van der Waals surface area contributed by atoms with Crippen molar-refractivity contribution in [3.05, 3.63) is 80.4 Å². The van der Waals surface area contributed by atoms with E-state index in [0.717, 1.165) is 0 Å². The van der Waals surface area contributed by atoms with Gasteiger partial charge in [0, 0.05) is 0 Å². The second-order valence-corrected chi connectivity index (χ2v) is 9.84. The van der Waals surface area contributed by atoms with Gasteiger partial charge in [-0.05, 0) is 0 Å². The fourth-order valence-corrected chi connectivity index (χ4v) is 7.33. The molecule has 1 unspecified atom stereocenters. The zero-order valence-corrected chi connectivity index (χ0v) is 16.2. The smallest absolute Gasteiger partial charge is 1.00 e. The first-order valence-electron chi connectivity index (χ1n) is 7.81. The van der Waals surface area contributed by atoms with Crippen LogP contribution in [0, 0.1) is 13.8 Å². The number of benzene rings is 1. The van der Waals surface area contributed by atoms with E-state index in [-0.39, 0.29) is 9.41 Å². The second-order valence-electron chi connectivity index (χ2n) is 6.13. The summed E-state index contributed by atoms with van der Waals surface area (Å²) in [5, 5.41) is 0. The topological polar surface area (TPSA) is 4.93 Å². The molecule has 4 heteroatoms. The minimum absolute atomic E-state index is 0. The molecule has 0 bridgehead atoms. The first-order chi connectivity index (χ1) is 10.7. The predicted octanol–water partition coefficient (Wildman–Crippen LogP) is -0.908. The average molecular weight is 403 g/mol. The maximum Gasteiger partial charge on any atom is -1.00 e. The summed E-state index contributed by atoms with van der Waals surface area (Å²) in [5.74, 6) is 0. The van der Waals surface area contributed by atoms with Crippen LogP contribution in [0.4, 0.5) is 0 Å². The van der Waals surface area contributed by atoms with Crippen LogP contribution in [0.5, 0.6) is 0 Å². The molecule has 0 spiro atoms. The molecule has 4 rings (SSSR count). The van der Waals surface area contributed by atoms with E-state index in [0.29, 0.717) is 3.63 Å². The van der Waals surface area contributed by atoms with Gasteiger partial charge in [0.05, 0.1) is 0 Å². The summed E-state index contributed by atoms with van der Waals surface area (Å²) >= 11 is -0.658. The molecule has 24 heavy (non-hydrogen) atoms. The van der Waals surface area contributed by atoms with Crippen LogP contribution >= 0.6 is 0 Å². The minimum atomic E-state index is -0.658. The Morgan fingerprint density at radius 1 is 1.12 bits per heavy atom. The number of hydrogen-bond donors (Lipinski definition) is 0. The van der Waals surface area contributed by atoms with Gasteiger partial charge in [-0.15, -0.1) is 0 Å². The Labute approximate surface area is 153 Å². The molecule has 2 aliphatic carbocycles. The van der Waals surface area contributed by atoms with Gasteiger partial charge in [-0.3, -0.25) is 0 Å². The van der Waals surface area contributed by atoms with Gasteiger partial charge in [0.15, 0.2) is 0 Å². The van der Waals surface area contributed by atoms with Gasteiger partial charge < -0.3 is 9.41 Å². The molecular formula is C20H19F2NZr. The van der Waals surface area contributed by atoms with Gasteiger partial charge in [-0.25, -0.2) is 0 Å². The van der Waals surface area contributed by atoms with E-state index in [1.165, 1.54) is 28.9 Å². The van der Waals surface area contributed by atoms with Crippen LogP contribution in [0.1, 0.15) is 32.4 Å².